The van der Waals surface area contributed by atoms with E-state index in [4.69, 9.17) is 0 Å². The highest BCUT2D eigenvalue weighted by Gasteiger charge is 2.47. The smallest absolute Gasteiger partial charge is 0.271 e. The normalized spacial score (nSPS) is 21.4. The van der Waals surface area contributed by atoms with Crippen molar-refractivity contribution in [3.63, 3.8) is 0 Å². The quantitative estimate of drug-likeness (QED) is 0.646. The first-order valence-corrected chi connectivity index (χ1v) is 11.8. The molecule has 1 N–H and O–H groups in total. The molecule has 1 aromatic heterocycles. The van der Waals surface area contributed by atoms with Crippen LogP contribution in [0.1, 0.15) is 69.8 Å². The van der Waals surface area contributed by atoms with E-state index in [1.54, 1.807) is 0 Å². The average Bonchev–Trinajstić information content (AvgIpc) is 3.12. The molecule has 166 valence electrons. The van der Waals surface area contributed by atoms with Crippen molar-refractivity contribution in [2.45, 2.75) is 71.4 Å². The highest BCUT2D eigenvalue weighted by molar-refractivity contribution is 6.03. The zero-order chi connectivity index (χ0) is 22.0. The molecule has 2 aliphatic rings. The summed E-state index contributed by atoms with van der Waals surface area (Å²) in [6, 6.07) is 10.0. The van der Waals surface area contributed by atoms with Crippen LogP contribution in [-0.2, 0) is 11.3 Å². The first-order valence-electron chi connectivity index (χ1n) is 11.8. The largest absolute Gasteiger partial charge is 0.354 e. The van der Waals surface area contributed by atoms with Gasteiger partial charge in [0.15, 0.2) is 0 Å². The van der Waals surface area contributed by atoms with Gasteiger partial charge in [-0.15, -0.1) is 0 Å². The monoisotopic (exact) mass is 421 g/mol. The van der Waals surface area contributed by atoms with E-state index in [9.17, 15) is 9.59 Å². The van der Waals surface area contributed by atoms with E-state index >= 15 is 0 Å². The number of hydrogen-bond donors (Lipinski definition) is 1. The summed E-state index contributed by atoms with van der Waals surface area (Å²) in [5.41, 5.74) is 2.22. The van der Waals surface area contributed by atoms with Gasteiger partial charge in [-0.3, -0.25) is 9.59 Å². The first-order chi connectivity index (χ1) is 14.9. The standard InChI is InChI=1S/C26H35N3O2/c1-19(2)13-15-27-25(31)26(3)18-28-22-12-8-7-11-21(22)17-23(28)24(30)29(26)16-14-20-9-5-4-6-10-20/h7-9,11-12,17,19H,4-6,10,13-16,18H2,1-3H3,(H,27,31)/t26-/m1/s1. The van der Waals surface area contributed by atoms with Crippen LogP contribution in [0.2, 0.25) is 0 Å². The molecule has 2 amide bonds. The number of hydrogen-bond acceptors (Lipinski definition) is 2. The molecule has 0 unspecified atom stereocenters. The van der Waals surface area contributed by atoms with Gasteiger partial charge in [0.1, 0.15) is 11.2 Å². The van der Waals surface area contributed by atoms with Crippen LogP contribution in [0.15, 0.2) is 42.0 Å². The van der Waals surface area contributed by atoms with Crippen molar-refractivity contribution < 1.29 is 9.59 Å². The van der Waals surface area contributed by atoms with Crippen LogP contribution >= 0.6 is 0 Å². The second-order valence-corrected chi connectivity index (χ2v) is 9.70. The van der Waals surface area contributed by atoms with Crippen LogP contribution in [0.4, 0.5) is 0 Å². The van der Waals surface area contributed by atoms with Gasteiger partial charge >= 0.3 is 0 Å². The SMILES string of the molecule is CC(C)CCNC(=O)[C@@]1(C)Cn2c(cc3ccccc32)C(=O)N1CCC1=CCCCC1. The molecule has 0 fully saturated rings. The number of carbonyl (C=O) groups is 2. The number of rotatable bonds is 7. The van der Waals surface area contributed by atoms with Crippen molar-refractivity contribution in [2.24, 2.45) is 5.92 Å². The van der Waals surface area contributed by atoms with Crippen LogP contribution in [0, 0.1) is 5.92 Å². The molecular formula is C26H35N3O2. The molecule has 31 heavy (non-hydrogen) atoms. The van der Waals surface area contributed by atoms with Gasteiger partial charge < -0.3 is 14.8 Å². The maximum absolute atomic E-state index is 13.7. The molecule has 0 saturated heterocycles. The Hall–Kier alpha value is -2.56. The van der Waals surface area contributed by atoms with E-state index in [1.165, 1.54) is 18.4 Å². The molecule has 1 aromatic carbocycles. The lowest BCUT2D eigenvalue weighted by Crippen LogP contribution is -2.64. The zero-order valence-corrected chi connectivity index (χ0v) is 19.1. The molecule has 4 rings (SSSR count). The van der Waals surface area contributed by atoms with E-state index in [-0.39, 0.29) is 11.8 Å². The summed E-state index contributed by atoms with van der Waals surface area (Å²) in [6.45, 7) is 7.94. The number of para-hydroxylation sites is 1. The molecular weight excluding hydrogens is 386 g/mol. The molecule has 5 heteroatoms. The third-order valence-corrected chi connectivity index (χ3v) is 6.87. The topological polar surface area (TPSA) is 54.3 Å². The summed E-state index contributed by atoms with van der Waals surface area (Å²) >= 11 is 0. The fourth-order valence-corrected chi connectivity index (χ4v) is 4.91. The van der Waals surface area contributed by atoms with Gasteiger partial charge in [-0.25, -0.2) is 0 Å². The lowest BCUT2D eigenvalue weighted by atomic mass is 9.92. The first kappa shape index (κ1) is 21.7. The minimum absolute atomic E-state index is 0.0413. The van der Waals surface area contributed by atoms with E-state index in [0.717, 1.165) is 36.6 Å². The Morgan fingerprint density at radius 1 is 1.23 bits per heavy atom. The fourth-order valence-electron chi connectivity index (χ4n) is 4.91. The number of fused-ring (bicyclic) bond motifs is 3. The van der Waals surface area contributed by atoms with Gasteiger partial charge in [-0.05, 0) is 63.5 Å². The minimum atomic E-state index is -0.905. The van der Waals surface area contributed by atoms with Crippen LogP contribution in [0.5, 0.6) is 0 Å². The second kappa shape index (κ2) is 8.89. The maximum atomic E-state index is 13.7. The predicted molar refractivity (Wildman–Crippen MR) is 125 cm³/mol. The molecule has 1 atom stereocenters. The molecule has 5 nitrogen and oxygen atoms in total. The van der Waals surface area contributed by atoms with Crippen LogP contribution in [0.25, 0.3) is 10.9 Å². The van der Waals surface area contributed by atoms with Crippen molar-refractivity contribution in [3.05, 3.63) is 47.7 Å². The Morgan fingerprint density at radius 3 is 2.77 bits per heavy atom. The highest BCUT2D eigenvalue weighted by atomic mass is 16.2. The summed E-state index contributed by atoms with van der Waals surface area (Å²) in [5.74, 6) is 0.429. The van der Waals surface area contributed by atoms with Crippen LogP contribution in [-0.4, -0.2) is 39.9 Å². The number of benzene rings is 1. The Labute approximate surface area is 185 Å². The Kier molecular flexibility index (Phi) is 6.22. The molecule has 2 heterocycles. The number of allylic oxidation sites excluding steroid dienone is 1. The predicted octanol–water partition coefficient (Wildman–Crippen LogP) is 4.91. The zero-order valence-electron chi connectivity index (χ0n) is 19.1. The molecule has 2 aromatic rings. The Bertz CT molecular complexity index is 1000. The minimum Gasteiger partial charge on any atom is -0.354 e. The highest BCUT2D eigenvalue weighted by Crippen LogP contribution is 2.33. The van der Waals surface area contributed by atoms with E-state index in [0.29, 0.717) is 31.2 Å². The summed E-state index contributed by atoms with van der Waals surface area (Å²) in [6.07, 6.45) is 8.82. The van der Waals surface area contributed by atoms with Crippen molar-refractivity contribution in [1.29, 1.82) is 0 Å². The number of carbonyl (C=O) groups excluding carboxylic acids is 2. The van der Waals surface area contributed by atoms with Gasteiger partial charge in [0.05, 0.1) is 6.54 Å². The summed E-state index contributed by atoms with van der Waals surface area (Å²) in [5, 5.41) is 4.17. The lowest BCUT2D eigenvalue weighted by Gasteiger charge is -2.44. The van der Waals surface area contributed by atoms with Gasteiger partial charge in [0.2, 0.25) is 5.91 Å². The van der Waals surface area contributed by atoms with Crippen molar-refractivity contribution >= 4 is 22.7 Å². The Balaban J connectivity index is 1.65. The third-order valence-electron chi connectivity index (χ3n) is 6.87. The second-order valence-electron chi connectivity index (χ2n) is 9.70. The molecule has 1 aliphatic carbocycles. The molecule has 0 bridgehead atoms. The molecule has 1 aliphatic heterocycles. The fraction of sp³-hybridized carbons (Fsp3) is 0.538. The van der Waals surface area contributed by atoms with Crippen LogP contribution in [0.3, 0.4) is 0 Å². The summed E-state index contributed by atoms with van der Waals surface area (Å²) < 4.78 is 2.04. The molecule has 0 spiro atoms. The summed E-state index contributed by atoms with van der Waals surface area (Å²) in [7, 11) is 0. The van der Waals surface area contributed by atoms with Gasteiger partial charge in [-0.2, -0.15) is 0 Å². The van der Waals surface area contributed by atoms with Crippen molar-refractivity contribution in [3.8, 4) is 0 Å². The molecule has 0 saturated carbocycles. The number of aromatic nitrogens is 1. The van der Waals surface area contributed by atoms with Crippen molar-refractivity contribution in [1.82, 2.24) is 14.8 Å². The third kappa shape index (κ3) is 4.28. The van der Waals surface area contributed by atoms with E-state index in [2.05, 4.69) is 25.2 Å². The number of nitrogens with zero attached hydrogens (tertiary/aromatic N) is 2. The van der Waals surface area contributed by atoms with Crippen molar-refractivity contribution in [2.75, 3.05) is 13.1 Å². The number of amides is 2. The number of nitrogens with one attached hydrogen (secondary N) is 1. The van der Waals surface area contributed by atoms with Gasteiger partial charge in [0.25, 0.3) is 5.91 Å². The average molecular weight is 422 g/mol. The van der Waals surface area contributed by atoms with E-state index < -0.39 is 5.54 Å². The lowest BCUT2D eigenvalue weighted by molar-refractivity contribution is -0.132. The summed E-state index contributed by atoms with van der Waals surface area (Å²) in [4.78, 5) is 28.9. The van der Waals surface area contributed by atoms with Gasteiger partial charge in [0, 0.05) is 24.0 Å². The molecule has 0 radical (unpaired) electrons. The van der Waals surface area contributed by atoms with Gasteiger partial charge in [-0.1, -0.05) is 43.7 Å². The maximum Gasteiger partial charge on any atom is 0.271 e. The van der Waals surface area contributed by atoms with E-state index in [1.807, 2.05) is 46.7 Å². The van der Waals surface area contributed by atoms with Crippen LogP contribution < -0.4 is 5.32 Å². The Morgan fingerprint density at radius 2 is 2.03 bits per heavy atom.